The van der Waals surface area contributed by atoms with Crippen LogP contribution < -0.4 is 0 Å². The van der Waals surface area contributed by atoms with Crippen molar-refractivity contribution in [3.05, 3.63) is 29.8 Å². The minimum Gasteiger partial charge on any atom is -0.507 e. The molecule has 3 aliphatic heterocycles. The monoisotopic (exact) mass is 368 g/mol. The fraction of sp³-hybridized carbons (Fsp3) is 0.636. The molecule has 0 aromatic heterocycles. The molecule has 5 fully saturated rings. The Morgan fingerprint density at radius 3 is 2.37 bits per heavy atom. The zero-order valence-electron chi connectivity index (χ0n) is 15.7. The van der Waals surface area contributed by atoms with E-state index in [4.69, 9.17) is 0 Å². The SMILES string of the molecule is O=C([C@H]1CCCN1C(=O)c1ccccc1O)N1CC2C[C@@H]3CC1C[C@H](C2)C3. The van der Waals surface area contributed by atoms with E-state index >= 15 is 0 Å². The zero-order valence-corrected chi connectivity index (χ0v) is 15.7. The number of para-hydroxylation sites is 1. The predicted molar refractivity (Wildman–Crippen MR) is 101 cm³/mol. The van der Waals surface area contributed by atoms with Crippen molar-refractivity contribution in [1.29, 1.82) is 0 Å². The topological polar surface area (TPSA) is 60.9 Å². The molecule has 27 heavy (non-hydrogen) atoms. The second kappa shape index (κ2) is 6.54. The Labute approximate surface area is 160 Å². The molecule has 3 saturated heterocycles. The minimum atomic E-state index is -0.368. The highest BCUT2D eigenvalue weighted by Gasteiger charge is 2.47. The molecule has 5 heteroatoms. The van der Waals surface area contributed by atoms with Crippen molar-refractivity contribution in [3.8, 4) is 5.75 Å². The lowest BCUT2D eigenvalue weighted by atomic mass is 9.68. The maximum absolute atomic E-state index is 13.5. The van der Waals surface area contributed by atoms with Gasteiger partial charge in [-0.05, 0) is 74.8 Å². The molecule has 4 bridgehead atoms. The number of nitrogens with zero attached hydrogens (tertiary/aromatic N) is 2. The van der Waals surface area contributed by atoms with Crippen LogP contribution in [0.5, 0.6) is 5.75 Å². The van der Waals surface area contributed by atoms with Crippen LogP contribution in [0.2, 0.25) is 0 Å². The van der Waals surface area contributed by atoms with E-state index in [0.717, 1.165) is 44.1 Å². The molecule has 2 amide bonds. The number of amides is 2. The lowest BCUT2D eigenvalue weighted by Gasteiger charge is -2.40. The molecule has 0 radical (unpaired) electrons. The molecule has 3 heterocycles. The summed E-state index contributed by atoms with van der Waals surface area (Å²) in [5.74, 6) is 2.17. The Morgan fingerprint density at radius 1 is 0.926 bits per heavy atom. The number of benzene rings is 1. The Balaban J connectivity index is 1.38. The van der Waals surface area contributed by atoms with Crippen LogP contribution in [0.3, 0.4) is 0 Å². The van der Waals surface area contributed by atoms with E-state index in [0.29, 0.717) is 24.1 Å². The number of rotatable bonds is 2. The van der Waals surface area contributed by atoms with Gasteiger partial charge in [0.05, 0.1) is 5.56 Å². The molecule has 2 unspecified atom stereocenters. The smallest absolute Gasteiger partial charge is 0.258 e. The lowest BCUT2D eigenvalue weighted by molar-refractivity contribution is -0.138. The average molecular weight is 368 g/mol. The molecule has 0 spiro atoms. The summed E-state index contributed by atoms with van der Waals surface area (Å²) in [5.41, 5.74) is 0.299. The zero-order chi connectivity index (χ0) is 18.5. The number of likely N-dealkylation sites (tertiary alicyclic amines) is 1. The summed E-state index contributed by atoms with van der Waals surface area (Å²) in [6.45, 7) is 1.47. The molecule has 5 nitrogen and oxygen atoms in total. The van der Waals surface area contributed by atoms with Gasteiger partial charge in [0.15, 0.2) is 0 Å². The molecule has 2 aliphatic carbocycles. The fourth-order valence-electron chi connectivity index (χ4n) is 6.32. The molecule has 5 aliphatic rings. The third kappa shape index (κ3) is 2.91. The van der Waals surface area contributed by atoms with Crippen molar-refractivity contribution in [1.82, 2.24) is 9.80 Å². The van der Waals surface area contributed by atoms with Gasteiger partial charge in [-0.15, -0.1) is 0 Å². The highest BCUT2D eigenvalue weighted by molar-refractivity contribution is 6.00. The summed E-state index contributed by atoms with van der Waals surface area (Å²) in [7, 11) is 0. The summed E-state index contributed by atoms with van der Waals surface area (Å²) in [5, 5.41) is 10.1. The van der Waals surface area contributed by atoms with Gasteiger partial charge in [-0.1, -0.05) is 12.1 Å². The quantitative estimate of drug-likeness (QED) is 0.873. The van der Waals surface area contributed by atoms with Gasteiger partial charge in [0, 0.05) is 19.1 Å². The maximum Gasteiger partial charge on any atom is 0.258 e. The standard InChI is InChI=1S/C22H28N2O3/c25-20-6-2-1-4-18(20)21(26)23-7-3-5-19(23)22(27)24-13-16-9-14-8-15(10-16)12-17(24)11-14/h1-2,4,6,14-17,19,25H,3,5,7-13H2/t14-,15+,16?,17?,19-/m1/s1. The van der Waals surface area contributed by atoms with Crippen molar-refractivity contribution in [2.75, 3.05) is 13.1 Å². The van der Waals surface area contributed by atoms with E-state index in [1.807, 2.05) is 0 Å². The van der Waals surface area contributed by atoms with Gasteiger partial charge in [-0.25, -0.2) is 0 Å². The van der Waals surface area contributed by atoms with E-state index in [-0.39, 0.29) is 23.6 Å². The van der Waals surface area contributed by atoms with Crippen LogP contribution in [-0.2, 0) is 4.79 Å². The molecule has 1 aromatic rings. The number of carbonyl (C=O) groups is 2. The maximum atomic E-state index is 13.5. The number of carbonyl (C=O) groups excluding carboxylic acids is 2. The number of aromatic hydroxyl groups is 1. The van der Waals surface area contributed by atoms with Crippen molar-refractivity contribution in [2.24, 2.45) is 17.8 Å². The number of phenols is 1. The number of phenolic OH excluding ortho intramolecular Hbond substituents is 1. The largest absolute Gasteiger partial charge is 0.507 e. The van der Waals surface area contributed by atoms with Crippen molar-refractivity contribution < 1.29 is 14.7 Å². The third-order valence-electron chi connectivity index (χ3n) is 7.32. The molecule has 1 aromatic carbocycles. The fourth-order valence-corrected chi connectivity index (χ4v) is 6.32. The Morgan fingerprint density at radius 2 is 1.63 bits per heavy atom. The second-order valence-corrected chi connectivity index (χ2v) is 9.09. The van der Waals surface area contributed by atoms with E-state index in [1.54, 1.807) is 23.1 Å². The van der Waals surface area contributed by atoms with Crippen molar-refractivity contribution in [2.45, 2.75) is 57.0 Å². The normalized spacial score (nSPS) is 34.7. The number of hydrogen-bond donors (Lipinski definition) is 1. The molecule has 6 rings (SSSR count). The summed E-state index contributed by atoms with van der Waals surface area (Å²) in [4.78, 5) is 30.4. The number of hydrogen-bond acceptors (Lipinski definition) is 3. The first-order valence-corrected chi connectivity index (χ1v) is 10.5. The summed E-state index contributed by atoms with van der Waals surface area (Å²) in [6.07, 6.45) is 7.81. The first-order chi connectivity index (χ1) is 13.1. The van der Waals surface area contributed by atoms with Gasteiger partial charge in [0.2, 0.25) is 5.91 Å². The van der Waals surface area contributed by atoms with Gasteiger partial charge in [0.1, 0.15) is 11.8 Å². The Hall–Kier alpha value is -2.04. The van der Waals surface area contributed by atoms with Gasteiger partial charge in [-0.2, -0.15) is 0 Å². The second-order valence-electron chi connectivity index (χ2n) is 9.09. The molecule has 5 atom stereocenters. The number of fused-ring (bicyclic) bond motifs is 1. The molecular formula is C22H28N2O3. The van der Waals surface area contributed by atoms with Crippen molar-refractivity contribution >= 4 is 11.8 Å². The first-order valence-electron chi connectivity index (χ1n) is 10.5. The summed E-state index contributed by atoms with van der Waals surface area (Å²) >= 11 is 0. The lowest BCUT2D eigenvalue weighted by Crippen LogP contribution is -2.51. The van der Waals surface area contributed by atoms with Crippen LogP contribution >= 0.6 is 0 Å². The third-order valence-corrected chi connectivity index (χ3v) is 7.32. The highest BCUT2D eigenvalue weighted by atomic mass is 16.3. The van der Waals surface area contributed by atoms with Gasteiger partial charge in [-0.3, -0.25) is 9.59 Å². The van der Waals surface area contributed by atoms with E-state index in [9.17, 15) is 14.7 Å². The Bertz CT molecular complexity index is 750. The molecule has 1 N–H and O–H groups in total. The molecule has 144 valence electrons. The van der Waals surface area contributed by atoms with Gasteiger partial charge < -0.3 is 14.9 Å². The highest BCUT2D eigenvalue weighted by Crippen LogP contribution is 2.47. The van der Waals surface area contributed by atoms with E-state index < -0.39 is 0 Å². The van der Waals surface area contributed by atoms with E-state index in [1.165, 1.54) is 25.3 Å². The van der Waals surface area contributed by atoms with Crippen LogP contribution in [0.1, 0.15) is 55.3 Å². The van der Waals surface area contributed by atoms with Crippen LogP contribution in [0.4, 0.5) is 0 Å². The molecule has 2 saturated carbocycles. The van der Waals surface area contributed by atoms with Crippen molar-refractivity contribution in [3.63, 3.8) is 0 Å². The summed E-state index contributed by atoms with van der Waals surface area (Å²) < 4.78 is 0. The van der Waals surface area contributed by atoms with E-state index in [2.05, 4.69) is 4.90 Å². The minimum absolute atomic E-state index is 0.00804. The van der Waals surface area contributed by atoms with Crippen LogP contribution in [0, 0.1) is 17.8 Å². The molecular weight excluding hydrogens is 340 g/mol. The first kappa shape index (κ1) is 17.1. The van der Waals surface area contributed by atoms with Gasteiger partial charge >= 0.3 is 0 Å². The van der Waals surface area contributed by atoms with Crippen LogP contribution in [-0.4, -0.2) is 51.9 Å². The van der Waals surface area contributed by atoms with Crippen LogP contribution in [0.25, 0.3) is 0 Å². The average Bonchev–Trinajstić information content (AvgIpc) is 3.06. The summed E-state index contributed by atoms with van der Waals surface area (Å²) in [6, 6.07) is 6.64. The Kier molecular flexibility index (Phi) is 4.14. The predicted octanol–water partition coefficient (Wildman–Crippen LogP) is 3.03. The van der Waals surface area contributed by atoms with Gasteiger partial charge in [0.25, 0.3) is 5.91 Å². The van der Waals surface area contributed by atoms with Crippen LogP contribution in [0.15, 0.2) is 24.3 Å².